The predicted molar refractivity (Wildman–Crippen MR) is 105 cm³/mol. The van der Waals surface area contributed by atoms with Gasteiger partial charge < -0.3 is 0 Å². The molecule has 2 aromatic rings. The lowest BCUT2D eigenvalue weighted by Crippen LogP contribution is -2.46. The third kappa shape index (κ3) is 3.00. The molecule has 160 valence electrons. The van der Waals surface area contributed by atoms with Crippen LogP contribution in [0.15, 0.2) is 54.6 Å². The zero-order valence-electron chi connectivity index (χ0n) is 16.4. The molecular weight excluding hydrogens is 409 g/mol. The van der Waals surface area contributed by atoms with Gasteiger partial charge in [0.15, 0.2) is 5.78 Å². The van der Waals surface area contributed by atoms with Crippen molar-refractivity contribution in [2.45, 2.75) is 31.1 Å². The van der Waals surface area contributed by atoms with Crippen molar-refractivity contribution in [3.63, 3.8) is 0 Å². The topological polar surface area (TPSA) is 57.7 Å². The Balaban J connectivity index is 1.55. The number of ketones is 1. The van der Waals surface area contributed by atoms with Crippen LogP contribution in [-0.2, 0) is 15.8 Å². The van der Waals surface area contributed by atoms with Gasteiger partial charge in [0.05, 0.1) is 29.1 Å². The molecule has 3 heterocycles. The number of rotatable bonds is 3. The van der Waals surface area contributed by atoms with Crippen molar-refractivity contribution in [3.05, 3.63) is 65.7 Å². The number of Topliss-reactive ketones (excluding diaryl/α,β-unsaturated/α-hetero) is 1. The molecular formula is C23H19F3N2O3. The molecule has 2 aromatic carbocycles. The van der Waals surface area contributed by atoms with Crippen LogP contribution in [0.1, 0.15) is 28.8 Å². The Morgan fingerprint density at radius 1 is 0.935 bits per heavy atom. The van der Waals surface area contributed by atoms with Crippen LogP contribution in [0.3, 0.4) is 0 Å². The van der Waals surface area contributed by atoms with Crippen LogP contribution >= 0.6 is 0 Å². The lowest BCUT2D eigenvalue weighted by Gasteiger charge is -2.27. The summed E-state index contributed by atoms with van der Waals surface area (Å²) in [7, 11) is 0. The summed E-state index contributed by atoms with van der Waals surface area (Å²) >= 11 is 0. The summed E-state index contributed by atoms with van der Waals surface area (Å²) in [6.07, 6.45) is -3.11. The Kier molecular flexibility index (Phi) is 4.51. The van der Waals surface area contributed by atoms with E-state index in [-0.39, 0.29) is 17.5 Å². The fraction of sp³-hybridized carbons (Fsp3) is 0.348. The zero-order chi connectivity index (χ0) is 21.9. The fourth-order valence-electron chi connectivity index (χ4n) is 5.36. The molecule has 3 aliphatic heterocycles. The van der Waals surface area contributed by atoms with E-state index in [4.69, 9.17) is 0 Å². The number of nitrogens with zero attached hydrogens (tertiary/aromatic N) is 2. The van der Waals surface area contributed by atoms with Crippen LogP contribution in [-0.4, -0.2) is 41.1 Å². The average molecular weight is 428 g/mol. The molecule has 0 aliphatic carbocycles. The fourth-order valence-corrected chi connectivity index (χ4v) is 5.36. The Morgan fingerprint density at radius 3 is 2.35 bits per heavy atom. The van der Waals surface area contributed by atoms with E-state index in [2.05, 4.69) is 0 Å². The van der Waals surface area contributed by atoms with Gasteiger partial charge in [-0.2, -0.15) is 13.2 Å². The summed E-state index contributed by atoms with van der Waals surface area (Å²) in [5.41, 5.74) is -0.576. The van der Waals surface area contributed by atoms with Crippen LogP contribution in [0, 0.1) is 11.8 Å². The summed E-state index contributed by atoms with van der Waals surface area (Å²) in [5, 5.41) is 0. The minimum Gasteiger partial charge on any atom is -0.292 e. The number of alkyl halides is 3. The highest BCUT2D eigenvalue weighted by Gasteiger charge is 2.64. The molecule has 0 bridgehead atoms. The Labute approximate surface area is 176 Å². The molecule has 3 aliphatic rings. The van der Waals surface area contributed by atoms with Crippen LogP contribution in [0.2, 0.25) is 0 Å². The van der Waals surface area contributed by atoms with Gasteiger partial charge in [0, 0.05) is 11.6 Å². The molecule has 4 atom stereocenters. The van der Waals surface area contributed by atoms with Gasteiger partial charge >= 0.3 is 6.18 Å². The standard InChI is InChI=1S/C23H19F3N2O3/c24-23(25,26)14-8-4-9-15(12-14)28-21(30)17-16-10-5-11-27(16)19(18(17)22(28)31)20(29)13-6-2-1-3-7-13/h1-4,6-9,12,16-19H,5,10-11H2/t16-,17+,18-,19+/m1/s1. The molecule has 0 aromatic heterocycles. The molecule has 5 nitrogen and oxygen atoms in total. The summed E-state index contributed by atoms with van der Waals surface area (Å²) < 4.78 is 39.5. The molecule has 2 amide bonds. The largest absolute Gasteiger partial charge is 0.416 e. The van der Waals surface area contributed by atoms with Gasteiger partial charge in [0.1, 0.15) is 0 Å². The van der Waals surface area contributed by atoms with Gasteiger partial charge in [-0.05, 0) is 37.6 Å². The number of carbonyl (C=O) groups excluding carboxylic acids is 3. The molecule has 0 saturated carbocycles. The maximum absolute atomic E-state index is 13.4. The first-order valence-electron chi connectivity index (χ1n) is 10.2. The van der Waals surface area contributed by atoms with E-state index in [0.29, 0.717) is 18.5 Å². The quantitative estimate of drug-likeness (QED) is 0.554. The number of hydrogen-bond donors (Lipinski definition) is 0. The minimum absolute atomic E-state index is 0.102. The van der Waals surface area contributed by atoms with Gasteiger partial charge in [-0.3, -0.25) is 19.3 Å². The van der Waals surface area contributed by atoms with Crippen molar-refractivity contribution < 1.29 is 27.6 Å². The van der Waals surface area contributed by atoms with Gasteiger partial charge in [-0.15, -0.1) is 0 Å². The number of carbonyl (C=O) groups is 3. The maximum Gasteiger partial charge on any atom is 0.416 e. The summed E-state index contributed by atoms with van der Waals surface area (Å²) in [4.78, 5) is 42.8. The minimum atomic E-state index is -4.59. The lowest BCUT2D eigenvalue weighted by molar-refractivity contribution is -0.137. The normalized spacial score (nSPS) is 28.2. The lowest BCUT2D eigenvalue weighted by atomic mass is 9.85. The highest BCUT2D eigenvalue weighted by atomic mass is 19.4. The van der Waals surface area contributed by atoms with Gasteiger partial charge in [0.25, 0.3) is 0 Å². The number of imide groups is 1. The molecule has 5 rings (SSSR count). The zero-order valence-corrected chi connectivity index (χ0v) is 16.4. The van der Waals surface area contributed by atoms with E-state index >= 15 is 0 Å². The third-order valence-corrected chi connectivity index (χ3v) is 6.61. The van der Waals surface area contributed by atoms with Gasteiger partial charge in [-0.1, -0.05) is 36.4 Å². The highest BCUT2D eigenvalue weighted by molar-refractivity contribution is 6.24. The van der Waals surface area contributed by atoms with Crippen molar-refractivity contribution in [2.24, 2.45) is 11.8 Å². The second-order valence-electron chi connectivity index (χ2n) is 8.23. The molecule has 3 fully saturated rings. The monoisotopic (exact) mass is 428 g/mol. The van der Waals surface area contributed by atoms with Crippen LogP contribution in [0.25, 0.3) is 0 Å². The van der Waals surface area contributed by atoms with Crippen LogP contribution in [0.5, 0.6) is 0 Å². The maximum atomic E-state index is 13.4. The molecule has 0 unspecified atom stereocenters. The highest BCUT2D eigenvalue weighted by Crippen LogP contribution is 2.48. The molecule has 0 spiro atoms. The van der Waals surface area contributed by atoms with E-state index in [9.17, 15) is 27.6 Å². The molecule has 31 heavy (non-hydrogen) atoms. The third-order valence-electron chi connectivity index (χ3n) is 6.61. The Bertz CT molecular complexity index is 1070. The van der Waals surface area contributed by atoms with Crippen LogP contribution in [0.4, 0.5) is 18.9 Å². The van der Waals surface area contributed by atoms with Gasteiger partial charge in [0.2, 0.25) is 11.8 Å². The summed E-state index contributed by atoms with van der Waals surface area (Å²) in [5.74, 6) is -2.96. The second kappa shape index (κ2) is 7.02. The number of halogens is 3. The average Bonchev–Trinajstić information content (AvgIpc) is 3.40. The number of fused-ring (bicyclic) bond motifs is 3. The van der Waals surface area contributed by atoms with E-state index < -0.39 is 41.4 Å². The van der Waals surface area contributed by atoms with Crippen molar-refractivity contribution >= 4 is 23.3 Å². The molecule has 3 saturated heterocycles. The van der Waals surface area contributed by atoms with Crippen molar-refractivity contribution in [1.29, 1.82) is 0 Å². The molecule has 0 N–H and O–H groups in total. The number of amides is 2. The molecule has 8 heteroatoms. The van der Waals surface area contributed by atoms with E-state index in [1.807, 2.05) is 4.90 Å². The second-order valence-corrected chi connectivity index (χ2v) is 8.23. The number of hydrogen-bond acceptors (Lipinski definition) is 4. The summed E-state index contributed by atoms with van der Waals surface area (Å²) in [6.45, 7) is 0.616. The SMILES string of the molecule is O=C(c1ccccc1)[C@@H]1[C@@H]2C(=O)N(c3cccc(C(F)(F)F)c3)C(=O)[C@H]2[C@H]2CCCN21. The Morgan fingerprint density at radius 2 is 1.65 bits per heavy atom. The predicted octanol–water partition coefficient (Wildman–Crippen LogP) is 3.54. The molecule has 0 radical (unpaired) electrons. The van der Waals surface area contributed by atoms with Gasteiger partial charge in [-0.25, -0.2) is 4.90 Å². The van der Waals surface area contributed by atoms with Crippen molar-refractivity contribution in [2.75, 3.05) is 11.4 Å². The first kappa shape index (κ1) is 19.9. The van der Waals surface area contributed by atoms with Crippen LogP contribution < -0.4 is 4.90 Å². The van der Waals surface area contributed by atoms with Crippen molar-refractivity contribution in [1.82, 2.24) is 4.90 Å². The van der Waals surface area contributed by atoms with E-state index in [1.54, 1.807) is 30.3 Å². The smallest absolute Gasteiger partial charge is 0.292 e. The van der Waals surface area contributed by atoms with E-state index in [1.165, 1.54) is 12.1 Å². The first-order valence-corrected chi connectivity index (χ1v) is 10.2. The van der Waals surface area contributed by atoms with E-state index in [0.717, 1.165) is 23.5 Å². The van der Waals surface area contributed by atoms with Crippen molar-refractivity contribution in [3.8, 4) is 0 Å². The number of benzene rings is 2. The Hall–Kier alpha value is -3.00. The first-order chi connectivity index (χ1) is 14.8. The summed E-state index contributed by atoms with van der Waals surface area (Å²) in [6, 6.07) is 11.8. The number of anilines is 1.